The predicted octanol–water partition coefficient (Wildman–Crippen LogP) is 6.10. The number of carbonyl (C=O) groups excluding carboxylic acids is 1. The van der Waals surface area contributed by atoms with Gasteiger partial charge in [0.05, 0.1) is 35.5 Å². The number of hydrogen-bond donors (Lipinski definition) is 4. The summed E-state index contributed by atoms with van der Waals surface area (Å²) in [4.78, 5) is 21.7. The molecule has 0 bridgehead atoms. The Morgan fingerprint density at radius 3 is 2.51 bits per heavy atom. The summed E-state index contributed by atoms with van der Waals surface area (Å²) in [5.74, 6) is -0.218. The van der Waals surface area contributed by atoms with Crippen molar-refractivity contribution in [3.05, 3.63) is 59.4 Å². The second-order valence-corrected chi connectivity index (χ2v) is 11.7. The number of nitrogens with one attached hydrogen (secondary N) is 3. The summed E-state index contributed by atoms with van der Waals surface area (Å²) < 4.78 is 48.0. The normalized spacial score (nSPS) is 13.6. The third-order valence-corrected chi connectivity index (χ3v) is 7.98. The Morgan fingerprint density at radius 2 is 1.87 bits per heavy atom. The van der Waals surface area contributed by atoms with Gasteiger partial charge in [-0.1, -0.05) is 26.2 Å². The lowest BCUT2D eigenvalue weighted by atomic mass is 9.97. The number of benzene rings is 2. The average molecular weight is 655 g/mol. The molecular weight excluding hydrogens is 609 g/mol. The Balaban J connectivity index is 0.000000632. The van der Waals surface area contributed by atoms with Crippen LogP contribution in [0.3, 0.4) is 0 Å². The van der Waals surface area contributed by atoms with Crippen LogP contribution in [0.5, 0.6) is 5.75 Å². The van der Waals surface area contributed by atoms with Gasteiger partial charge in [0.15, 0.2) is 0 Å². The van der Waals surface area contributed by atoms with Crippen LogP contribution in [0.2, 0.25) is 0 Å². The molecule has 1 aliphatic carbocycles. The molecule has 0 radical (unpaired) electrons. The Hall–Kier alpha value is -4.23. The Bertz CT molecular complexity index is 1630. The zero-order chi connectivity index (χ0) is 34.0. The number of amides is 1. The SMILES string of the molecule is CCc1cc(-c2cc(CC(=O)Nc3ccc(OCCCNC)c(C(F)(F)F)c3)nn2C)cc2cnc(NC)nc12.NC1CCCCC1. The van der Waals surface area contributed by atoms with Crippen molar-refractivity contribution in [2.24, 2.45) is 12.8 Å². The van der Waals surface area contributed by atoms with Gasteiger partial charge in [-0.2, -0.15) is 18.3 Å². The molecule has 10 nitrogen and oxygen atoms in total. The number of carbonyl (C=O) groups is 1. The van der Waals surface area contributed by atoms with Crippen LogP contribution in [0.4, 0.5) is 24.8 Å². The summed E-state index contributed by atoms with van der Waals surface area (Å²) >= 11 is 0. The van der Waals surface area contributed by atoms with Crippen molar-refractivity contribution >= 4 is 28.4 Å². The largest absolute Gasteiger partial charge is 0.493 e. The summed E-state index contributed by atoms with van der Waals surface area (Å²) in [6, 6.07) is 9.85. The quantitative estimate of drug-likeness (QED) is 0.143. The number of nitrogens with two attached hydrogens (primary N) is 1. The maximum Gasteiger partial charge on any atom is 0.420 e. The predicted molar refractivity (Wildman–Crippen MR) is 180 cm³/mol. The molecule has 2 heterocycles. The third kappa shape index (κ3) is 9.88. The molecule has 0 spiro atoms. The number of anilines is 2. The molecule has 1 aliphatic rings. The second-order valence-electron chi connectivity index (χ2n) is 11.7. The molecule has 1 fully saturated rings. The molecule has 2 aromatic heterocycles. The van der Waals surface area contributed by atoms with E-state index in [4.69, 9.17) is 10.5 Å². The fourth-order valence-corrected chi connectivity index (χ4v) is 5.53. The number of nitrogens with zero attached hydrogens (tertiary/aromatic N) is 4. The lowest BCUT2D eigenvalue weighted by Gasteiger charge is -2.15. The van der Waals surface area contributed by atoms with Crippen molar-refractivity contribution in [1.82, 2.24) is 25.1 Å². The van der Waals surface area contributed by atoms with E-state index in [0.717, 1.165) is 40.2 Å². The number of fused-ring (bicyclic) bond motifs is 1. The monoisotopic (exact) mass is 654 g/mol. The van der Waals surface area contributed by atoms with Crippen LogP contribution in [0.1, 0.15) is 62.3 Å². The minimum Gasteiger partial charge on any atom is -0.493 e. The fraction of sp³-hybridized carbons (Fsp3) is 0.471. The van der Waals surface area contributed by atoms with E-state index in [0.29, 0.717) is 30.6 Å². The van der Waals surface area contributed by atoms with E-state index in [-0.39, 0.29) is 24.5 Å². The van der Waals surface area contributed by atoms with E-state index in [9.17, 15) is 18.0 Å². The van der Waals surface area contributed by atoms with E-state index in [2.05, 4.69) is 31.0 Å². The van der Waals surface area contributed by atoms with Gasteiger partial charge in [-0.3, -0.25) is 9.48 Å². The zero-order valence-corrected chi connectivity index (χ0v) is 27.5. The summed E-state index contributed by atoms with van der Waals surface area (Å²) in [7, 11) is 5.30. The number of hydrogen-bond acceptors (Lipinski definition) is 8. The average Bonchev–Trinajstić information content (AvgIpc) is 3.42. The van der Waals surface area contributed by atoms with Crippen molar-refractivity contribution in [3.8, 4) is 17.0 Å². The molecule has 0 unspecified atom stereocenters. The number of alkyl halides is 3. The van der Waals surface area contributed by atoms with Gasteiger partial charge < -0.3 is 26.4 Å². The maximum absolute atomic E-state index is 13.7. The summed E-state index contributed by atoms with van der Waals surface area (Å²) in [5, 5.41) is 13.8. The Kier molecular flexibility index (Phi) is 12.5. The molecule has 1 amide bonds. The smallest absolute Gasteiger partial charge is 0.420 e. The van der Waals surface area contributed by atoms with Crippen molar-refractivity contribution < 1.29 is 22.7 Å². The van der Waals surface area contributed by atoms with Crippen LogP contribution < -0.4 is 26.4 Å². The molecule has 5 rings (SSSR count). The topological polar surface area (TPSA) is 132 Å². The minimum atomic E-state index is -4.63. The number of aryl methyl sites for hydroxylation is 2. The maximum atomic E-state index is 13.7. The van der Waals surface area contributed by atoms with E-state index in [1.54, 1.807) is 38.1 Å². The first-order chi connectivity index (χ1) is 22.5. The molecule has 2 aromatic carbocycles. The first-order valence-corrected chi connectivity index (χ1v) is 16.1. The first kappa shape index (κ1) is 35.6. The van der Waals surface area contributed by atoms with Crippen LogP contribution in [0.15, 0.2) is 42.6 Å². The number of ether oxygens (including phenoxy) is 1. The standard InChI is InChI=1S/C28H32F3N7O2.C6H13N/c1-5-17-11-18(12-19-16-34-27(33-3)36-26(17)19)23-14-21(37-38(23)4)15-25(39)35-20-7-8-24(40-10-6-9-32-2)22(13-20)28(29,30)31;7-6-4-2-1-3-5-6/h7-8,11-14,16,32H,5-6,9-10,15H2,1-4H3,(H,35,39)(H,33,34,36);6H,1-5,7H2. The van der Waals surface area contributed by atoms with Crippen molar-refractivity contribution in [1.29, 1.82) is 0 Å². The Labute approximate surface area is 273 Å². The highest BCUT2D eigenvalue weighted by molar-refractivity contribution is 5.92. The first-order valence-electron chi connectivity index (χ1n) is 16.1. The molecule has 1 saturated carbocycles. The van der Waals surface area contributed by atoms with Gasteiger partial charge in [0.2, 0.25) is 11.9 Å². The fourth-order valence-electron chi connectivity index (χ4n) is 5.53. The van der Waals surface area contributed by atoms with E-state index in [1.165, 1.54) is 44.2 Å². The molecule has 0 aliphatic heterocycles. The Morgan fingerprint density at radius 1 is 1.11 bits per heavy atom. The molecule has 0 atom stereocenters. The molecule has 13 heteroatoms. The van der Waals surface area contributed by atoms with E-state index >= 15 is 0 Å². The van der Waals surface area contributed by atoms with Gasteiger partial charge in [0.1, 0.15) is 5.75 Å². The van der Waals surface area contributed by atoms with Gasteiger partial charge in [-0.05, 0) is 81.2 Å². The van der Waals surface area contributed by atoms with Crippen LogP contribution in [-0.4, -0.2) is 58.9 Å². The van der Waals surface area contributed by atoms with Gasteiger partial charge >= 0.3 is 6.18 Å². The van der Waals surface area contributed by atoms with Gasteiger partial charge in [-0.25, -0.2) is 9.97 Å². The van der Waals surface area contributed by atoms with Crippen LogP contribution in [0.25, 0.3) is 22.2 Å². The number of aromatic nitrogens is 4. The van der Waals surface area contributed by atoms with E-state index in [1.807, 2.05) is 19.1 Å². The van der Waals surface area contributed by atoms with Gasteiger partial charge in [-0.15, -0.1) is 0 Å². The van der Waals surface area contributed by atoms with Crippen LogP contribution in [-0.2, 0) is 30.9 Å². The lowest BCUT2D eigenvalue weighted by molar-refractivity contribution is -0.139. The molecule has 47 heavy (non-hydrogen) atoms. The highest BCUT2D eigenvalue weighted by Crippen LogP contribution is 2.38. The van der Waals surface area contributed by atoms with Crippen molar-refractivity contribution in [2.75, 3.05) is 37.9 Å². The lowest BCUT2D eigenvalue weighted by Crippen LogP contribution is -2.22. The molecule has 5 N–H and O–H groups in total. The molecular formula is C34H45F3N8O2. The minimum absolute atomic E-state index is 0.0270. The van der Waals surface area contributed by atoms with Crippen LogP contribution >= 0.6 is 0 Å². The van der Waals surface area contributed by atoms with Gasteiger partial charge in [0, 0.05) is 43.0 Å². The molecule has 0 saturated heterocycles. The zero-order valence-electron chi connectivity index (χ0n) is 27.5. The number of halogens is 3. The van der Waals surface area contributed by atoms with Crippen LogP contribution in [0, 0.1) is 0 Å². The highest BCUT2D eigenvalue weighted by Gasteiger charge is 2.35. The molecule has 4 aromatic rings. The van der Waals surface area contributed by atoms with Crippen molar-refractivity contribution in [3.63, 3.8) is 0 Å². The summed E-state index contributed by atoms with van der Waals surface area (Å²) in [5.41, 5.74) is 8.79. The molecule has 254 valence electrons. The van der Waals surface area contributed by atoms with Crippen molar-refractivity contribution in [2.45, 2.75) is 70.5 Å². The van der Waals surface area contributed by atoms with Gasteiger partial charge in [0.25, 0.3) is 0 Å². The number of rotatable bonds is 11. The summed E-state index contributed by atoms with van der Waals surface area (Å²) in [6.45, 7) is 2.81. The van der Waals surface area contributed by atoms with E-state index < -0.39 is 17.6 Å². The second kappa shape index (κ2) is 16.6. The summed E-state index contributed by atoms with van der Waals surface area (Å²) in [6.07, 6.45) is 5.00. The highest BCUT2D eigenvalue weighted by atomic mass is 19.4. The third-order valence-electron chi connectivity index (χ3n) is 7.98.